The van der Waals surface area contributed by atoms with E-state index >= 15 is 0 Å². The van der Waals surface area contributed by atoms with E-state index in [9.17, 15) is 27.6 Å². The largest absolute Gasteiger partial charge is 0.495 e. The molecular weight excluding hydrogens is 581 g/mol. The highest BCUT2D eigenvalue weighted by Crippen LogP contribution is 2.38. The quantitative estimate of drug-likeness (QED) is 0.331. The van der Waals surface area contributed by atoms with Gasteiger partial charge in [0, 0.05) is 4.47 Å². The average molecular weight is 599 g/mol. The Morgan fingerprint density at radius 2 is 1.86 bits per heavy atom. The summed E-state index contributed by atoms with van der Waals surface area (Å²) >= 11 is 3.97. The standard InChI is InChI=1S/C24H18BrF3N2O6S/c1-4-7-36-19-11-15(25)13(8-18(19)35-3)9-20-22(32)30(23(33)37-20)12-21(31)29-16-10-14(24(26,27)28)5-6-17(16)34-2/h1,5-6,8-11H,7,12H2,2-3H3,(H,29,31)/b20-9-. The Hall–Kier alpha value is -3.63. The maximum atomic E-state index is 13.1. The molecule has 0 spiro atoms. The first kappa shape index (κ1) is 27.9. The zero-order valence-corrected chi connectivity index (χ0v) is 21.7. The third-order valence-electron chi connectivity index (χ3n) is 4.86. The molecule has 2 aromatic rings. The smallest absolute Gasteiger partial charge is 0.416 e. The van der Waals surface area contributed by atoms with Crippen LogP contribution < -0.4 is 19.5 Å². The second-order valence-electron chi connectivity index (χ2n) is 7.25. The number of halogens is 4. The fraction of sp³-hybridized carbons (Fsp3) is 0.208. The minimum Gasteiger partial charge on any atom is -0.495 e. The Morgan fingerprint density at radius 1 is 1.16 bits per heavy atom. The number of rotatable bonds is 8. The van der Waals surface area contributed by atoms with Crippen molar-refractivity contribution in [1.82, 2.24) is 4.90 Å². The summed E-state index contributed by atoms with van der Waals surface area (Å²) < 4.78 is 55.4. The van der Waals surface area contributed by atoms with Gasteiger partial charge < -0.3 is 19.5 Å². The number of ether oxygens (including phenoxy) is 3. The molecule has 0 bridgehead atoms. The monoisotopic (exact) mass is 598 g/mol. The van der Waals surface area contributed by atoms with Crippen LogP contribution in [0.4, 0.5) is 23.7 Å². The first-order valence-corrected chi connectivity index (χ1v) is 11.8. The predicted molar refractivity (Wildman–Crippen MR) is 134 cm³/mol. The number of hydrogen-bond donors (Lipinski definition) is 1. The Labute approximate surface area is 222 Å². The summed E-state index contributed by atoms with van der Waals surface area (Å²) in [7, 11) is 2.64. The molecule has 1 aliphatic rings. The number of imide groups is 1. The molecule has 1 aliphatic heterocycles. The first-order chi connectivity index (χ1) is 17.5. The number of anilines is 1. The molecule has 3 amide bonds. The van der Waals surface area contributed by atoms with E-state index in [-0.39, 0.29) is 22.9 Å². The van der Waals surface area contributed by atoms with E-state index in [1.54, 1.807) is 12.1 Å². The van der Waals surface area contributed by atoms with Crippen molar-refractivity contribution in [2.24, 2.45) is 0 Å². The summed E-state index contributed by atoms with van der Waals surface area (Å²) in [5, 5.41) is 1.54. The number of benzene rings is 2. The van der Waals surface area contributed by atoms with Gasteiger partial charge in [-0.1, -0.05) is 21.9 Å². The molecule has 2 aromatic carbocycles. The van der Waals surface area contributed by atoms with Gasteiger partial charge in [0.1, 0.15) is 18.9 Å². The van der Waals surface area contributed by atoms with Crippen molar-refractivity contribution in [2.75, 3.05) is 32.7 Å². The fourth-order valence-corrected chi connectivity index (χ4v) is 4.41. The maximum Gasteiger partial charge on any atom is 0.416 e. The first-order valence-electron chi connectivity index (χ1n) is 10.2. The molecule has 194 valence electrons. The molecule has 0 atom stereocenters. The Morgan fingerprint density at radius 3 is 2.49 bits per heavy atom. The summed E-state index contributed by atoms with van der Waals surface area (Å²) in [6.07, 6.45) is 1.99. The average Bonchev–Trinajstić information content (AvgIpc) is 3.10. The highest BCUT2D eigenvalue weighted by Gasteiger charge is 2.37. The molecule has 0 radical (unpaired) electrons. The van der Waals surface area contributed by atoms with Crippen LogP contribution in [-0.4, -0.2) is 49.3 Å². The number of amides is 3. The molecule has 8 nitrogen and oxygen atoms in total. The number of nitrogens with one attached hydrogen (secondary N) is 1. The molecule has 1 fully saturated rings. The van der Waals surface area contributed by atoms with Crippen molar-refractivity contribution in [1.29, 1.82) is 0 Å². The van der Waals surface area contributed by atoms with Gasteiger partial charge in [0.25, 0.3) is 11.1 Å². The molecule has 3 rings (SSSR count). The lowest BCUT2D eigenvalue weighted by molar-refractivity contribution is -0.137. The second-order valence-corrected chi connectivity index (χ2v) is 9.09. The van der Waals surface area contributed by atoms with E-state index in [2.05, 4.69) is 27.2 Å². The molecule has 0 aliphatic carbocycles. The van der Waals surface area contributed by atoms with Crippen molar-refractivity contribution in [3.05, 3.63) is 50.8 Å². The zero-order chi connectivity index (χ0) is 27.3. The van der Waals surface area contributed by atoms with Gasteiger partial charge in [-0.3, -0.25) is 19.3 Å². The van der Waals surface area contributed by atoms with Crippen LogP contribution in [0.2, 0.25) is 0 Å². The van der Waals surface area contributed by atoms with E-state index in [1.807, 2.05) is 0 Å². The summed E-state index contributed by atoms with van der Waals surface area (Å²) in [5.41, 5.74) is -0.781. The molecule has 0 saturated carbocycles. The highest BCUT2D eigenvalue weighted by molar-refractivity contribution is 9.10. The summed E-state index contributed by atoms with van der Waals surface area (Å²) in [5.74, 6) is 1.36. The van der Waals surface area contributed by atoms with Crippen molar-refractivity contribution < 1.29 is 41.8 Å². The SMILES string of the molecule is C#CCOc1cc(Br)c(/C=C2\SC(=O)N(CC(=O)Nc3cc(C(F)(F)F)ccc3OC)C2=O)cc1OC. The number of thioether (sulfide) groups is 1. The number of hydrogen-bond acceptors (Lipinski definition) is 7. The van der Waals surface area contributed by atoms with Crippen LogP contribution in [0.5, 0.6) is 17.2 Å². The van der Waals surface area contributed by atoms with Crippen molar-refractivity contribution in [3.8, 4) is 29.6 Å². The summed E-state index contributed by atoms with van der Waals surface area (Å²) in [4.78, 5) is 38.6. The third kappa shape index (κ3) is 6.58. The van der Waals surface area contributed by atoms with Gasteiger partial charge in [0.2, 0.25) is 5.91 Å². The number of methoxy groups -OCH3 is 2. The van der Waals surface area contributed by atoms with Crippen LogP contribution in [0.3, 0.4) is 0 Å². The van der Waals surface area contributed by atoms with Crippen LogP contribution >= 0.6 is 27.7 Å². The van der Waals surface area contributed by atoms with Crippen molar-refractivity contribution >= 4 is 56.5 Å². The van der Waals surface area contributed by atoms with E-state index in [0.29, 0.717) is 44.3 Å². The molecule has 37 heavy (non-hydrogen) atoms. The van der Waals surface area contributed by atoms with Gasteiger partial charge >= 0.3 is 6.18 Å². The zero-order valence-electron chi connectivity index (χ0n) is 19.3. The second kappa shape index (κ2) is 11.6. The van der Waals surface area contributed by atoms with Gasteiger partial charge in [0.15, 0.2) is 11.5 Å². The van der Waals surface area contributed by atoms with E-state index in [1.165, 1.54) is 20.3 Å². The van der Waals surface area contributed by atoms with Crippen LogP contribution in [-0.2, 0) is 15.8 Å². The number of nitrogens with zero attached hydrogens (tertiary/aromatic N) is 1. The van der Waals surface area contributed by atoms with E-state index in [4.69, 9.17) is 20.6 Å². The number of terminal acetylenes is 1. The number of carbonyl (C=O) groups excluding carboxylic acids is 3. The third-order valence-corrected chi connectivity index (χ3v) is 6.45. The molecule has 13 heteroatoms. The fourth-order valence-electron chi connectivity index (χ4n) is 3.15. The molecule has 0 aromatic heterocycles. The molecular formula is C24H18BrF3N2O6S. The molecule has 1 N–H and O–H groups in total. The minimum absolute atomic E-state index is 0.00940. The van der Waals surface area contributed by atoms with Gasteiger partial charge in [-0.15, -0.1) is 6.42 Å². The topological polar surface area (TPSA) is 94.2 Å². The minimum atomic E-state index is -4.65. The summed E-state index contributed by atoms with van der Waals surface area (Å²) in [6.45, 7) is -0.708. The van der Waals surface area contributed by atoms with Crippen molar-refractivity contribution in [3.63, 3.8) is 0 Å². The lowest BCUT2D eigenvalue weighted by atomic mass is 10.1. The lowest BCUT2D eigenvalue weighted by Crippen LogP contribution is -2.36. The molecule has 1 heterocycles. The Bertz CT molecular complexity index is 1320. The van der Waals surface area contributed by atoms with Gasteiger partial charge in [-0.2, -0.15) is 13.2 Å². The van der Waals surface area contributed by atoms with Crippen molar-refractivity contribution in [2.45, 2.75) is 6.18 Å². The summed E-state index contributed by atoms with van der Waals surface area (Å²) in [6, 6.07) is 5.71. The Kier molecular flexibility index (Phi) is 8.77. The number of alkyl halides is 3. The van der Waals surface area contributed by atoms with Crippen LogP contribution in [0.1, 0.15) is 11.1 Å². The lowest BCUT2D eigenvalue weighted by Gasteiger charge is -2.16. The van der Waals surface area contributed by atoms with Crippen LogP contribution in [0.15, 0.2) is 39.7 Å². The maximum absolute atomic E-state index is 13.1. The van der Waals surface area contributed by atoms with Crippen LogP contribution in [0.25, 0.3) is 6.08 Å². The van der Waals surface area contributed by atoms with Gasteiger partial charge in [-0.25, -0.2) is 0 Å². The van der Waals surface area contributed by atoms with E-state index in [0.717, 1.165) is 12.1 Å². The normalized spacial score (nSPS) is 14.5. The van der Waals surface area contributed by atoms with E-state index < -0.39 is 35.3 Å². The molecule has 1 saturated heterocycles. The highest BCUT2D eigenvalue weighted by atomic mass is 79.9. The van der Waals surface area contributed by atoms with Gasteiger partial charge in [0.05, 0.1) is 30.4 Å². The van der Waals surface area contributed by atoms with Crippen LogP contribution in [0, 0.1) is 12.3 Å². The van der Waals surface area contributed by atoms with Gasteiger partial charge in [-0.05, 0) is 53.7 Å². The predicted octanol–water partition coefficient (Wildman–Crippen LogP) is 5.17. The Balaban J connectivity index is 1.79. The molecule has 0 unspecified atom stereocenters. The number of carbonyl (C=O) groups is 3.